The Labute approximate surface area is 263 Å². The Kier molecular flexibility index (Phi) is 5.81. The van der Waals surface area contributed by atoms with Crippen LogP contribution >= 0.6 is 0 Å². The molecule has 45 heavy (non-hydrogen) atoms. The van der Waals surface area contributed by atoms with Crippen molar-refractivity contribution in [2.45, 2.75) is 17.1 Å². The number of benzene rings is 6. The summed E-state index contributed by atoms with van der Waals surface area (Å²) in [6.07, 6.45) is 0. The van der Waals surface area contributed by atoms with Crippen LogP contribution < -0.4 is 0 Å². The van der Waals surface area contributed by atoms with E-state index in [2.05, 4.69) is 176 Å². The van der Waals surface area contributed by atoms with E-state index in [-0.39, 0.29) is 5.92 Å². The van der Waals surface area contributed by atoms with Gasteiger partial charge in [0.1, 0.15) is 22.7 Å². The minimum Gasteiger partial charge on any atom is -0.455 e. The average molecular weight is 579 g/mol. The van der Waals surface area contributed by atoms with Gasteiger partial charge >= 0.3 is 0 Å². The van der Waals surface area contributed by atoms with E-state index in [1.54, 1.807) is 0 Å². The van der Waals surface area contributed by atoms with Gasteiger partial charge in [-0.3, -0.25) is 0 Å². The summed E-state index contributed by atoms with van der Waals surface area (Å²) in [6, 6.07) is 62.2. The molecule has 0 unspecified atom stereocenters. The van der Waals surface area contributed by atoms with Gasteiger partial charge in [0, 0.05) is 22.3 Å². The SMILES string of the molecule is c1ccc(-c2oc(-c3ccccc3)c3c2[C@H](c2ccccc2)[C@@]2(c4ccccc4)O[C@]3(c3ccccc3)c3ccccc32)cc1. The van der Waals surface area contributed by atoms with E-state index in [0.29, 0.717) is 0 Å². The van der Waals surface area contributed by atoms with E-state index in [1.165, 1.54) is 16.7 Å². The highest BCUT2D eigenvalue weighted by atomic mass is 16.5. The van der Waals surface area contributed by atoms with Crippen LogP contribution in [0.4, 0.5) is 0 Å². The van der Waals surface area contributed by atoms with Gasteiger partial charge < -0.3 is 9.15 Å². The van der Waals surface area contributed by atoms with Gasteiger partial charge in [0.2, 0.25) is 0 Å². The average Bonchev–Trinajstić information content (AvgIpc) is 3.65. The predicted octanol–water partition coefficient (Wildman–Crippen LogP) is 10.3. The molecule has 0 saturated carbocycles. The van der Waals surface area contributed by atoms with Gasteiger partial charge in [0.25, 0.3) is 0 Å². The molecule has 6 aromatic carbocycles. The Morgan fingerprint density at radius 3 is 1.49 bits per heavy atom. The van der Waals surface area contributed by atoms with Crippen LogP contribution in [0.5, 0.6) is 0 Å². The van der Waals surface area contributed by atoms with Crippen LogP contribution in [0, 0.1) is 0 Å². The zero-order valence-corrected chi connectivity index (χ0v) is 24.6. The minimum atomic E-state index is -0.921. The number of rotatable bonds is 5. The fraction of sp³-hybridized carbons (Fsp3) is 0.0698. The van der Waals surface area contributed by atoms with Crippen molar-refractivity contribution in [1.29, 1.82) is 0 Å². The maximum absolute atomic E-state index is 7.96. The first-order chi connectivity index (χ1) is 22.3. The number of ether oxygens (including phenoxy) is 1. The molecule has 2 aliphatic rings. The summed E-state index contributed by atoms with van der Waals surface area (Å²) >= 11 is 0. The summed E-state index contributed by atoms with van der Waals surface area (Å²) < 4.78 is 15.2. The van der Waals surface area contributed by atoms with Crippen molar-refractivity contribution in [3.63, 3.8) is 0 Å². The van der Waals surface area contributed by atoms with Crippen LogP contribution in [0.2, 0.25) is 0 Å². The Morgan fingerprint density at radius 2 is 0.889 bits per heavy atom. The Bertz CT molecular complexity index is 2120. The molecular weight excluding hydrogens is 548 g/mol. The normalized spacial score (nSPS) is 21.2. The van der Waals surface area contributed by atoms with Crippen LogP contribution in [0.15, 0.2) is 180 Å². The summed E-state index contributed by atoms with van der Waals surface area (Å²) in [5.41, 5.74) is 8.28. The number of hydrogen-bond donors (Lipinski definition) is 0. The highest BCUT2D eigenvalue weighted by molar-refractivity contribution is 5.81. The molecule has 1 aliphatic heterocycles. The standard InChI is InChI=1S/C43H30O2/c1-6-18-30(19-7-1)38-37-39(41(32-22-10-3-11-23-32)44-40(37)31-20-8-2-9-21-31)43(34-26-14-5-15-27-34)36-29-17-16-28-35(36)42(38,45-43)33-24-12-4-13-25-33/h1-29,38H/t38-,42-,43+/m0/s1. The first kappa shape index (κ1) is 26.0. The molecule has 0 radical (unpaired) electrons. The second-order valence-electron chi connectivity index (χ2n) is 11.9. The van der Waals surface area contributed by atoms with Crippen molar-refractivity contribution in [2.24, 2.45) is 0 Å². The molecule has 0 N–H and O–H groups in total. The second-order valence-corrected chi connectivity index (χ2v) is 11.9. The smallest absolute Gasteiger partial charge is 0.149 e. The summed E-state index contributed by atoms with van der Waals surface area (Å²) in [7, 11) is 0. The molecule has 1 aromatic heterocycles. The van der Waals surface area contributed by atoms with Gasteiger partial charge in [-0.25, -0.2) is 0 Å². The third-order valence-corrected chi connectivity index (χ3v) is 9.60. The first-order valence-electron chi connectivity index (χ1n) is 15.6. The van der Waals surface area contributed by atoms with Crippen LogP contribution in [-0.4, -0.2) is 0 Å². The highest BCUT2D eigenvalue weighted by Gasteiger charge is 2.66. The monoisotopic (exact) mass is 578 g/mol. The summed E-state index contributed by atoms with van der Waals surface area (Å²) in [5, 5.41) is 0. The summed E-state index contributed by atoms with van der Waals surface area (Å²) in [6.45, 7) is 0. The third kappa shape index (κ3) is 3.61. The van der Waals surface area contributed by atoms with Gasteiger partial charge in [0.15, 0.2) is 0 Å². The van der Waals surface area contributed by atoms with Gasteiger partial charge in [-0.1, -0.05) is 176 Å². The lowest BCUT2D eigenvalue weighted by Crippen LogP contribution is -2.45. The van der Waals surface area contributed by atoms with E-state index in [1.807, 2.05) is 0 Å². The fourth-order valence-corrected chi connectivity index (χ4v) is 7.88. The van der Waals surface area contributed by atoms with E-state index in [4.69, 9.17) is 9.15 Å². The molecule has 2 heteroatoms. The molecule has 2 nitrogen and oxygen atoms in total. The van der Waals surface area contributed by atoms with Crippen LogP contribution in [-0.2, 0) is 15.9 Å². The zero-order valence-electron chi connectivity index (χ0n) is 24.6. The lowest BCUT2D eigenvalue weighted by Gasteiger charge is -2.47. The summed E-state index contributed by atoms with van der Waals surface area (Å²) in [4.78, 5) is 0. The molecule has 2 heterocycles. The van der Waals surface area contributed by atoms with E-state index in [0.717, 1.165) is 44.9 Å². The molecule has 0 amide bonds. The van der Waals surface area contributed by atoms with Gasteiger partial charge in [-0.05, 0) is 27.8 Å². The Balaban J connectivity index is 1.53. The quantitative estimate of drug-likeness (QED) is 0.203. The molecule has 9 rings (SSSR count). The molecule has 0 spiro atoms. The first-order valence-corrected chi connectivity index (χ1v) is 15.6. The molecular formula is C43H30O2. The van der Waals surface area contributed by atoms with Gasteiger partial charge in [0.05, 0.1) is 5.92 Å². The number of hydrogen-bond acceptors (Lipinski definition) is 2. The van der Waals surface area contributed by atoms with Crippen molar-refractivity contribution in [3.8, 4) is 22.6 Å². The zero-order chi connectivity index (χ0) is 29.8. The minimum absolute atomic E-state index is 0.201. The summed E-state index contributed by atoms with van der Waals surface area (Å²) in [5.74, 6) is 1.52. The van der Waals surface area contributed by atoms with Crippen LogP contribution in [0.3, 0.4) is 0 Å². The van der Waals surface area contributed by atoms with Crippen molar-refractivity contribution in [1.82, 2.24) is 0 Å². The Morgan fingerprint density at radius 1 is 0.422 bits per heavy atom. The molecule has 0 fully saturated rings. The largest absolute Gasteiger partial charge is 0.455 e. The topological polar surface area (TPSA) is 22.4 Å². The van der Waals surface area contributed by atoms with Crippen LogP contribution in [0.25, 0.3) is 22.6 Å². The van der Waals surface area contributed by atoms with Crippen molar-refractivity contribution in [2.75, 3.05) is 0 Å². The number of fused-ring (bicyclic) bond motifs is 2. The number of furan rings is 1. The molecule has 7 aromatic rings. The third-order valence-electron chi connectivity index (χ3n) is 9.60. The predicted molar refractivity (Wildman–Crippen MR) is 179 cm³/mol. The second kappa shape index (κ2) is 10.1. The van der Waals surface area contributed by atoms with Crippen LogP contribution in [0.1, 0.15) is 44.9 Å². The van der Waals surface area contributed by atoms with Crippen molar-refractivity contribution >= 4 is 0 Å². The van der Waals surface area contributed by atoms with E-state index < -0.39 is 11.2 Å². The van der Waals surface area contributed by atoms with Crippen molar-refractivity contribution < 1.29 is 9.15 Å². The molecule has 2 bridgehead atoms. The van der Waals surface area contributed by atoms with Gasteiger partial charge in [-0.15, -0.1) is 0 Å². The van der Waals surface area contributed by atoms with Crippen molar-refractivity contribution in [3.05, 3.63) is 215 Å². The lowest BCUT2D eigenvalue weighted by molar-refractivity contribution is -0.0990. The van der Waals surface area contributed by atoms with E-state index in [9.17, 15) is 0 Å². The Hall–Kier alpha value is -5.44. The maximum atomic E-state index is 7.96. The molecule has 1 aliphatic carbocycles. The van der Waals surface area contributed by atoms with Gasteiger partial charge in [-0.2, -0.15) is 0 Å². The fourth-order valence-electron chi connectivity index (χ4n) is 7.88. The highest BCUT2D eigenvalue weighted by Crippen LogP contribution is 2.70. The molecule has 0 saturated heterocycles. The molecule has 3 atom stereocenters. The lowest BCUT2D eigenvalue weighted by atomic mass is 9.68. The molecule has 214 valence electrons. The van der Waals surface area contributed by atoms with E-state index >= 15 is 0 Å². The maximum Gasteiger partial charge on any atom is 0.149 e.